The number of aromatic nitrogens is 2. The second-order valence-electron chi connectivity index (χ2n) is 3.69. The van der Waals surface area contributed by atoms with Crippen LogP contribution in [0.4, 0.5) is 4.39 Å². The van der Waals surface area contributed by atoms with Crippen molar-refractivity contribution in [3.8, 4) is 0 Å². The zero-order valence-corrected chi connectivity index (χ0v) is 9.18. The molecule has 0 spiro atoms. The molecule has 1 heterocycles. The molecule has 0 aliphatic heterocycles. The third-order valence-corrected chi connectivity index (χ3v) is 2.57. The summed E-state index contributed by atoms with van der Waals surface area (Å²) >= 11 is 0. The number of nitrogens with one attached hydrogen (secondary N) is 1. The molecule has 0 fully saturated rings. The van der Waals surface area contributed by atoms with Crippen LogP contribution in [0.25, 0.3) is 0 Å². The third kappa shape index (κ3) is 2.83. The molecule has 0 aliphatic rings. The maximum atomic E-state index is 13.5. The number of benzene rings is 1. The summed E-state index contributed by atoms with van der Waals surface area (Å²) in [5.74, 6) is 5.24. The summed E-state index contributed by atoms with van der Waals surface area (Å²) in [5, 5.41) is 0. The maximum Gasteiger partial charge on any atom is 0.126 e. The summed E-state index contributed by atoms with van der Waals surface area (Å²) < 4.78 is 13.5. The third-order valence-electron chi connectivity index (χ3n) is 2.57. The Morgan fingerprint density at radius 1 is 1.24 bits per heavy atom. The fourth-order valence-electron chi connectivity index (χ4n) is 1.65. The first kappa shape index (κ1) is 11.6. The lowest BCUT2D eigenvalue weighted by molar-refractivity contribution is 0.526. The Kier molecular flexibility index (Phi) is 3.74. The molecule has 17 heavy (non-hydrogen) atoms. The first-order valence-corrected chi connectivity index (χ1v) is 5.25. The highest BCUT2D eigenvalue weighted by Gasteiger charge is 2.13. The van der Waals surface area contributed by atoms with Gasteiger partial charge in [0, 0.05) is 18.0 Å². The molecule has 0 amide bonds. The van der Waals surface area contributed by atoms with E-state index in [-0.39, 0.29) is 11.9 Å². The zero-order valence-electron chi connectivity index (χ0n) is 9.18. The molecule has 0 aliphatic carbocycles. The van der Waals surface area contributed by atoms with Gasteiger partial charge in [-0.25, -0.2) is 14.4 Å². The normalized spacial score (nSPS) is 12.4. The monoisotopic (exact) mass is 232 g/mol. The molecule has 3 N–H and O–H groups in total. The molecule has 5 heteroatoms. The number of nitrogens with zero attached hydrogens (tertiary/aromatic N) is 2. The van der Waals surface area contributed by atoms with Crippen molar-refractivity contribution in [2.75, 3.05) is 0 Å². The number of rotatable bonds is 4. The van der Waals surface area contributed by atoms with E-state index in [9.17, 15) is 4.39 Å². The fourth-order valence-corrected chi connectivity index (χ4v) is 1.65. The Morgan fingerprint density at radius 3 is 2.59 bits per heavy atom. The lowest BCUT2D eigenvalue weighted by atomic mass is 10.0. The van der Waals surface area contributed by atoms with Crippen molar-refractivity contribution in [1.82, 2.24) is 15.4 Å². The summed E-state index contributed by atoms with van der Waals surface area (Å²) in [6.45, 7) is 0. The van der Waals surface area contributed by atoms with Crippen LogP contribution in [0.2, 0.25) is 0 Å². The number of hydrogen-bond acceptors (Lipinski definition) is 4. The lowest BCUT2D eigenvalue weighted by Crippen LogP contribution is -2.30. The van der Waals surface area contributed by atoms with Gasteiger partial charge in [-0.1, -0.05) is 18.2 Å². The highest BCUT2D eigenvalue weighted by atomic mass is 19.1. The van der Waals surface area contributed by atoms with Gasteiger partial charge < -0.3 is 0 Å². The van der Waals surface area contributed by atoms with Crippen molar-refractivity contribution in [3.63, 3.8) is 0 Å². The fraction of sp³-hybridized carbons (Fsp3) is 0.167. The van der Waals surface area contributed by atoms with Gasteiger partial charge in [-0.2, -0.15) is 0 Å². The van der Waals surface area contributed by atoms with Crippen LogP contribution in [0.5, 0.6) is 0 Å². The number of hydrazine groups is 1. The summed E-state index contributed by atoms with van der Waals surface area (Å²) in [6, 6.07) is 6.43. The zero-order chi connectivity index (χ0) is 12.1. The largest absolute Gasteiger partial charge is 0.271 e. The number of hydrogen-bond donors (Lipinski definition) is 2. The van der Waals surface area contributed by atoms with E-state index in [1.807, 2.05) is 0 Å². The molecule has 2 rings (SSSR count). The summed E-state index contributed by atoms with van der Waals surface area (Å²) in [6.07, 6.45) is 5.23. The van der Waals surface area contributed by atoms with Crippen molar-refractivity contribution in [3.05, 3.63) is 59.9 Å². The van der Waals surface area contributed by atoms with E-state index in [2.05, 4.69) is 15.4 Å². The van der Waals surface area contributed by atoms with Gasteiger partial charge in [0.2, 0.25) is 0 Å². The smallest absolute Gasteiger partial charge is 0.126 e. The van der Waals surface area contributed by atoms with Crippen LogP contribution in [0, 0.1) is 5.82 Å². The molecule has 1 aromatic heterocycles. The van der Waals surface area contributed by atoms with Crippen molar-refractivity contribution in [2.24, 2.45) is 5.84 Å². The maximum absolute atomic E-state index is 13.5. The van der Waals surface area contributed by atoms with Gasteiger partial charge >= 0.3 is 0 Å². The Labute approximate surface area is 98.7 Å². The predicted octanol–water partition coefficient (Wildman–Crippen LogP) is 1.36. The van der Waals surface area contributed by atoms with E-state index in [1.54, 1.807) is 30.6 Å². The molecule has 88 valence electrons. The van der Waals surface area contributed by atoms with E-state index in [1.165, 1.54) is 12.4 Å². The molecule has 0 bridgehead atoms. The first-order valence-electron chi connectivity index (χ1n) is 5.25. The molecular weight excluding hydrogens is 219 g/mol. The van der Waals surface area contributed by atoms with E-state index < -0.39 is 0 Å². The average molecular weight is 232 g/mol. The number of nitrogens with two attached hydrogens (primary N) is 1. The minimum atomic E-state index is -0.232. The van der Waals surface area contributed by atoms with Gasteiger partial charge in [-0.3, -0.25) is 11.3 Å². The second kappa shape index (κ2) is 5.47. The average Bonchev–Trinajstić information content (AvgIpc) is 2.39. The lowest BCUT2D eigenvalue weighted by Gasteiger charge is -2.15. The minimum Gasteiger partial charge on any atom is -0.271 e. The topological polar surface area (TPSA) is 63.8 Å². The molecule has 1 unspecified atom stereocenters. The van der Waals surface area contributed by atoms with Gasteiger partial charge in [-0.05, 0) is 18.1 Å². The molecule has 2 aromatic rings. The first-order chi connectivity index (χ1) is 8.31. The van der Waals surface area contributed by atoms with E-state index in [0.717, 1.165) is 5.56 Å². The van der Waals surface area contributed by atoms with Crippen molar-refractivity contribution >= 4 is 0 Å². The number of halogens is 1. The van der Waals surface area contributed by atoms with Crippen LogP contribution >= 0.6 is 0 Å². The van der Waals surface area contributed by atoms with Crippen LogP contribution in [-0.2, 0) is 6.42 Å². The van der Waals surface area contributed by atoms with E-state index in [0.29, 0.717) is 12.0 Å². The van der Waals surface area contributed by atoms with Crippen LogP contribution in [0.3, 0.4) is 0 Å². The van der Waals surface area contributed by atoms with Crippen molar-refractivity contribution in [1.29, 1.82) is 0 Å². The van der Waals surface area contributed by atoms with Gasteiger partial charge in [0.1, 0.15) is 12.1 Å². The highest BCUT2D eigenvalue weighted by Crippen LogP contribution is 2.17. The second-order valence-corrected chi connectivity index (χ2v) is 3.69. The van der Waals surface area contributed by atoms with Crippen LogP contribution in [0.15, 0.2) is 43.0 Å². The van der Waals surface area contributed by atoms with Gasteiger partial charge in [-0.15, -0.1) is 0 Å². The minimum absolute atomic E-state index is 0.201. The Bertz CT molecular complexity index is 475. The van der Waals surface area contributed by atoms with Crippen LogP contribution in [0.1, 0.15) is 17.2 Å². The van der Waals surface area contributed by atoms with E-state index in [4.69, 9.17) is 5.84 Å². The molecule has 0 radical (unpaired) electrons. The van der Waals surface area contributed by atoms with Gasteiger partial charge in [0.05, 0.1) is 6.04 Å². The molecule has 1 atom stereocenters. The van der Waals surface area contributed by atoms with Crippen molar-refractivity contribution in [2.45, 2.75) is 12.5 Å². The SMILES string of the molecule is NNC(Cc1ccccc1F)c1cncnc1. The summed E-state index contributed by atoms with van der Waals surface area (Å²) in [5.41, 5.74) is 4.09. The Balaban J connectivity index is 2.19. The predicted molar refractivity (Wildman–Crippen MR) is 62.2 cm³/mol. The van der Waals surface area contributed by atoms with Crippen molar-refractivity contribution < 1.29 is 4.39 Å². The van der Waals surface area contributed by atoms with E-state index >= 15 is 0 Å². The van der Waals surface area contributed by atoms with Crippen LogP contribution < -0.4 is 11.3 Å². The quantitative estimate of drug-likeness (QED) is 0.617. The Hall–Kier alpha value is -1.85. The molecule has 0 saturated heterocycles. The summed E-state index contributed by atoms with van der Waals surface area (Å²) in [4.78, 5) is 7.83. The molecule has 4 nitrogen and oxygen atoms in total. The highest BCUT2D eigenvalue weighted by molar-refractivity contribution is 5.21. The molecule has 1 aromatic carbocycles. The van der Waals surface area contributed by atoms with Gasteiger partial charge in [0.15, 0.2) is 0 Å². The Morgan fingerprint density at radius 2 is 1.94 bits per heavy atom. The summed E-state index contributed by atoms with van der Waals surface area (Å²) in [7, 11) is 0. The van der Waals surface area contributed by atoms with Crippen LogP contribution in [-0.4, -0.2) is 9.97 Å². The van der Waals surface area contributed by atoms with Gasteiger partial charge in [0.25, 0.3) is 0 Å². The molecular formula is C12H13FN4. The standard InChI is InChI=1S/C12H13FN4/c13-11-4-2-1-3-9(11)5-12(17-14)10-6-15-8-16-7-10/h1-4,6-8,12,17H,5,14H2. The molecule has 0 saturated carbocycles.